The molecule has 5 heteroatoms. The number of carbonyl (C=O) groups is 3. The molecule has 1 N–H and O–H groups in total. The highest BCUT2D eigenvalue weighted by molar-refractivity contribution is 6.34. The Bertz CT molecular complexity index is 1140. The van der Waals surface area contributed by atoms with Crippen LogP contribution >= 0.6 is 0 Å². The summed E-state index contributed by atoms with van der Waals surface area (Å²) in [6, 6.07) is 23.1. The van der Waals surface area contributed by atoms with Gasteiger partial charge in [-0.3, -0.25) is 14.4 Å². The zero-order chi connectivity index (χ0) is 22.1. The summed E-state index contributed by atoms with van der Waals surface area (Å²) in [4.78, 5) is 41.8. The van der Waals surface area contributed by atoms with Crippen LogP contribution in [0.25, 0.3) is 0 Å². The van der Waals surface area contributed by atoms with Crippen LogP contribution in [0, 0.1) is 0 Å². The third-order valence-electron chi connectivity index (χ3n) is 6.41. The molecule has 5 nitrogen and oxygen atoms in total. The molecule has 1 aliphatic carbocycles. The van der Waals surface area contributed by atoms with Gasteiger partial charge in [0.1, 0.15) is 0 Å². The van der Waals surface area contributed by atoms with Crippen LogP contribution in [0.15, 0.2) is 78.9 Å². The molecule has 0 saturated carbocycles. The second-order valence-electron chi connectivity index (χ2n) is 8.38. The van der Waals surface area contributed by atoms with Crippen molar-refractivity contribution in [1.82, 2.24) is 4.90 Å². The predicted molar refractivity (Wildman–Crippen MR) is 123 cm³/mol. The van der Waals surface area contributed by atoms with Crippen LogP contribution < -0.4 is 5.32 Å². The Labute approximate surface area is 187 Å². The molecule has 5 rings (SSSR count). The topological polar surface area (TPSA) is 66.5 Å². The fourth-order valence-electron chi connectivity index (χ4n) is 4.71. The molecular weight excluding hydrogens is 400 g/mol. The molecule has 1 saturated heterocycles. The lowest BCUT2D eigenvalue weighted by Crippen LogP contribution is -2.46. The molecule has 1 aliphatic heterocycles. The second kappa shape index (κ2) is 8.08. The molecular formula is C27H24N2O3. The van der Waals surface area contributed by atoms with Gasteiger partial charge in [0.25, 0.3) is 5.91 Å². The number of amides is 1. The molecule has 2 aliphatic rings. The number of rotatable bonds is 4. The lowest BCUT2D eigenvalue weighted by molar-refractivity contribution is 0.0723. The first-order valence-electron chi connectivity index (χ1n) is 11.0. The van der Waals surface area contributed by atoms with Gasteiger partial charge in [-0.15, -0.1) is 0 Å². The van der Waals surface area contributed by atoms with Gasteiger partial charge in [-0.2, -0.15) is 0 Å². The van der Waals surface area contributed by atoms with Gasteiger partial charge < -0.3 is 10.2 Å². The van der Waals surface area contributed by atoms with Gasteiger partial charge in [-0.25, -0.2) is 0 Å². The van der Waals surface area contributed by atoms with Gasteiger partial charge in [0.2, 0.25) is 11.6 Å². The van der Waals surface area contributed by atoms with Crippen LogP contribution in [-0.2, 0) is 5.54 Å². The largest absolute Gasteiger partial charge is 0.363 e. The Balaban J connectivity index is 1.49. The zero-order valence-electron chi connectivity index (χ0n) is 17.7. The minimum atomic E-state index is -1.52. The van der Waals surface area contributed by atoms with Crippen molar-refractivity contribution in [2.24, 2.45) is 0 Å². The van der Waals surface area contributed by atoms with Crippen molar-refractivity contribution in [2.75, 3.05) is 18.4 Å². The number of ketones is 2. The van der Waals surface area contributed by atoms with E-state index in [2.05, 4.69) is 5.32 Å². The van der Waals surface area contributed by atoms with Gasteiger partial charge in [0, 0.05) is 35.5 Å². The molecule has 3 aromatic rings. The molecule has 0 bridgehead atoms. The summed E-state index contributed by atoms with van der Waals surface area (Å²) in [6.07, 6.45) is 3.24. The molecule has 0 atom stereocenters. The first-order valence-corrected chi connectivity index (χ1v) is 11.0. The van der Waals surface area contributed by atoms with Gasteiger partial charge in [0.05, 0.1) is 0 Å². The monoisotopic (exact) mass is 424 g/mol. The second-order valence-corrected chi connectivity index (χ2v) is 8.38. The van der Waals surface area contributed by atoms with E-state index in [-0.39, 0.29) is 17.5 Å². The number of benzene rings is 3. The van der Waals surface area contributed by atoms with Crippen LogP contribution in [-0.4, -0.2) is 35.5 Å². The number of anilines is 1. The fourth-order valence-corrected chi connectivity index (χ4v) is 4.71. The van der Waals surface area contributed by atoms with Crippen molar-refractivity contribution < 1.29 is 14.4 Å². The van der Waals surface area contributed by atoms with E-state index in [0.29, 0.717) is 27.9 Å². The Hall–Kier alpha value is -3.73. The Kier molecular flexibility index (Phi) is 5.10. The minimum absolute atomic E-state index is 0.0226. The fraction of sp³-hybridized carbons (Fsp3) is 0.222. The highest BCUT2D eigenvalue weighted by Gasteiger charge is 2.54. The molecule has 160 valence electrons. The molecule has 1 amide bonds. The Morgan fingerprint density at radius 3 is 1.88 bits per heavy atom. The quantitative estimate of drug-likeness (QED) is 0.617. The average Bonchev–Trinajstić information content (AvgIpc) is 3.08. The molecule has 0 unspecified atom stereocenters. The van der Waals surface area contributed by atoms with Crippen LogP contribution in [0.5, 0.6) is 0 Å². The number of likely N-dealkylation sites (tertiary alicyclic amines) is 1. The minimum Gasteiger partial charge on any atom is -0.363 e. The van der Waals surface area contributed by atoms with E-state index in [1.54, 1.807) is 60.7 Å². The Morgan fingerprint density at radius 1 is 0.719 bits per heavy atom. The van der Waals surface area contributed by atoms with Gasteiger partial charge in [-0.1, -0.05) is 54.6 Å². The maximum Gasteiger partial charge on any atom is 0.253 e. The summed E-state index contributed by atoms with van der Waals surface area (Å²) in [7, 11) is 0. The lowest BCUT2D eigenvalue weighted by Gasteiger charge is -2.29. The molecule has 0 radical (unpaired) electrons. The maximum absolute atomic E-state index is 13.6. The SMILES string of the molecule is O=C(c1ccc(NC2(c3ccccc3)C(=O)c3ccccc3C2=O)cc1)N1CCCCC1. The summed E-state index contributed by atoms with van der Waals surface area (Å²) in [5.41, 5.74) is 1.14. The highest BCUT2D eigenvalue weighted by Crippen LogP contribution is 2.40. The summed E-state index contributed by atoms with van der Waals surface area (Å²) in [6.45, 7) is 1.58. The summed E-state index contributed by atoms with van der Waals surface area (Å²) in [5.74, 6) is -0.509. The molecule has 0 spiro atoms. The number of fused-ring (bicyclic) bond motifs is 1. The molecule has 3 aromatic carbocycles. The van der Waals surface area contributed by atoms with Crippen molar-refractivity contribution in [2.45, 2.75) is 24.8 Å². The van der Waals surface area contributed by atoms with Crippen LogP contribution in [0.2, 0.25) is 0 Å². The summed E-state index contributed by atoms with van der Waals surface area (Å²) in [5, 5.41) is 3.24. The van der Waals surface area contributed by atoms with Gasteiger partial charge >= 0.3 is 0 Å². The number of nitrogens with zero attached hydrogens (tertiary/aromatic N) is 1. The van der Waals surface area contributed by atoms with E-state index in [9.17, 15) is 14.4 Å². The standard InChI is InChI=1S/C27H24N2O3/c30-24-22-11-5-6-12-23(22)25(31)27(24,20-9-3-1-4-10-20)28-21-15-13-19(14-16-21)26(32)29-17-7-2-8-18-29/h1,3-6,9-16,28H,2,7-8,17-18H2. The third kappa shape index (κ3) is 3.21. The number of carbonyl (C=O) groups excluding carboxylic acids is 3. The third-order valence-corrected chi connectivity index (χ3v) is 6.41. The van der Waals surface area contributed by atoms with Crippen molar-refractivity contribution in [1.29, 1.82) is 0 Å². The van der Waals surface area contributed by atoms with E-state index in [0.717, 1.165) is 25.9 Å². The number of nitrogens with one attached hydrogen (secondary N) is 1. The van der Waals surface area contributed by atoms with E-state index in [1.165, 1.54) is 6.42 Å². The number of hydrogen-bond donors (Lipinski definition) is 1. The summed E-state index contributed by atoms with van der Waals surface area (Å²) < 4.78 is 0. The number of piperidine rings is 1. The van der Waals surface area contributed by atoms with Crippen molar-refractivity contribution in [3.63, 3.8) is 0 Å². The lowest BCUT2D eigenvalue weighted by atomic mass is 9.84. The summed E-state index contributed by atoms with van der Waals surface area (Å²) >= 11 is 0. The van der Waals surface area contributed by atoms with Gasteiger partial charge in [-0.05, 0) is 49.1 Å². The Morgan fingerprint density at radius 2 is 1.28 bits per heavy atom. The number of Topliss-reactive ketones (excluding diaryl/α,β-unsaturated/α-hetero) is 2. The van der Waals surface area contributed by atoms with Crippen LogP contribution in [0.1, 0.15) is 55.9 Å². The van der Waals surface area contributed by atoms with E-state index >= 15 is 0 Å². The normalized spacial score (nSPS) is 17.2. The van der Waals surface area contributed by atoms with E-state index < -0.39 is 5.54 Å². The number of hydrogen-bond acceptors (Lipinski definition) is 4. The van der Waals surface area contributed by atoms with E-state index in [1.807, 2.05) is 23.1 Å². The van der Waals surface area contributed by atoms with Crippen molar-refractivity contribution in [3.05, 3.63) is 101 Å². The van der Waals surface area contributed by atoms with Crippen molar-refractivity contribution in [3.8, 4) is 0 Å². The zero-order valence-corrected chi connectivity index (χ0v) is 17.7. The maximum atomic E-state index is 13.6. The molecule has 0 aromatic heterocycles. The molecule has 1 heterocycles. The van der Waals surface area contributed by atoms with Crippen LogP contribution in [0.3, 0.4) is 0 Å². The molecule has 32 heavy (non-hydrogen) atoms. The highest BCUT2D eigenvalue weighted by atomic mass is 16.2. The first kappa shape index (κ1) is 20.2. The smallest absolute Gasteiger partial charge is 0.253 e. The van der Waals surface area contributed by atoms with E-state index in [4.69, 9.17) is 0 Å². The molecule has 1 fully saturated rings. The van der Waals surface area contributed by atoms with Crippen LogP contribution in [0.4, 0.5) is 5.69 Å². The van der Waals surface area contributed by atoms with Gasteiger partial charge in [0.15, 0.2) is 5.54 Å². The predicted octanol–water partition coefficient (Wildman–Crippen LogP) is 4.70. The first-order chi connectivity index (χ1) is 15.6. The van der Waals surface area contributed by atoms with Crippen molar-refractivity contribution >= 4 is 23.2 Å². The average molecular weight is 425 g/mol.